The zero-order valence-corrected chi connectivity index (χ0v) is 15.5. The molecule has 1 N–H and O–H groups in total. The molecule has 0 aliphatic heterocycles. The number of halogens is 2. The summed E-state index contributed by atoms with van der Waals surface area (Å²) < 4.78 is 6.62. The second kappa shape index (κ2) is 8.15. The molecule has 3 rings (SSSR count). The second-order valence-corrected chi connectivity index (χ2v) is 6.23. The molecular formula is C17H13Cl2N5O3. The van der Waals surface area contributed by atoms with Crippen molar-refractivity contribution in [3.8, 4) is 5.69 Å². The van der Waals surface area contributed by atoms with Crippen molar-refractivity contribution in [3.63, 3.8) is 0 Å². The van der Waals surface area contributed by atoms with Gasteiger partial charge in [-0.3, -0.25) is 4.79 Å². The molecule has 0 saturated heterocycles. The Morgan fingerprint density at radius 3 is 2.70 bits per heavy atom. The highest BCUT2D eigenvalue weighted by Gasteiger charge is 2.20. The summed E-state index contributed by atoms with van der Waals surface area (Å²) in [6, 6.07) is 11.3. The number of benzene rings is 2. The Morgan fingerprint density at radius 1 is 1.19 bits per heavy atom. The fourth-order valence-corrected chi connectivity index (χ4v) is 2.52. The molecule has 8 nitrogen and oxygen atoms in total. The smallest absolute Gasteiger partial charge is 0.338 e. The third-order valence-corrected chi connectivity index (χ3v) is 4.38. The topological polar surface area (TPSA) is 99.0 Å². The Balaban J connectivity index is 1.67. The zero-order valence-electron chi connectivity index (χ0n) is 14.0. The average molecular weight is 406 g/mol. The van der Waals surface area contributed by atoms with Gasteiger partial charge in [-0.05, 0) is 47.7 Å². The second-order valence-electron chi connectivity index (χ2n) is 5.44. The van der Waals surface area contributed by atoms with Crippen LogP contribution in [0.1, 0.15) is 17.3 Å². The molecule has 0 aliphatic carbocycles. The van der Waals surface area contributed by atoms with Crippen LogP contribution in [0.3, 0.4) is 0 Å². The van der Waals surface area contributed by atoms with Crippen LogP contribution >= 0.6 is 23.2 Å². The van der Waals surface area contributed by atoms with Crippen molar-refractivity contribution in [2.45, 2.75) is 13.0 Å². The Labute approximate surface area is 164 Å². The van der Waals surface area contributed by atoms with E-state index in [1.54, 1.807) is 42.5 Å². The maximum absolute atomic E-state index is 12.3. The molecule has 0 bridgehead atoms. The van der Waals surface area contributed by atoms with Gasteiger partial charge in [-0.25, -0.2) is 9.48 Å². The number of ether oxygens (including phenoxy) is 1. The van der Waals surface area contributed by atoms with Crippen LogP contribution in [0.4, 0.5) is 5.69 Å². The van der Waals surface area contributed by atoms with E-state index in [0.717, 1.165) is 0 Å². The molecule has 27 heavy (non-hydrogen) atoms. The number of esters is 1. The van der Waals surface area contributed by atoms with Crippen molar-refractivity contribution >= 4 is 40.8 Å². The number of amides is 1. The number of aromatic nitrogens is 4. The number of hydrogen-bond acceptors (Lipinski definition) is 6. The molecule has 2 aromatic carbocycles. The van der Waals surface area contributed by atoms with Gasteiger partial charge in [-0.15, -0.1) is 5.10 Å². The van der Waals surface area contributed by atoms with Crippen LogP contribution in [0, 0.1) is 0 Å². The van der Waals surface area contributed by atoms with Gasteiger partial charge in [-0.1, -0.05) is 35.3 Å². The lowest BCUT2D eigenvalue weighted by atomic mass is 10.2. The molecule has 1 heterocycles. The highest BCUT2D eigenvalue weighted by Crippen LogP contribution is 2.29. The summed E-state index contributed by atoms with van der Waals surface area (Å²) in [5.41, 5.74) is 1.17. The summed E-state index contributed by atoms with van der Waals surface area (Å²) in [5.74, 6) is -1.20. The van der Waals surface area contributed by atoms with Crippen molar-refractivity contribution < 1.29 is 14.3 Å². The summed E-state index contributed by atoms with van der Waals surface area (Å²) in [5, 5.41) is 13.9. The summed E-state index contributed by atoms with van der Waals surface area (Å²) in [6.07, 6.45) is 0.346. The standard InChI is InChI=1S/C17H13Cl2N5O3/c1-10(16(25)21-14-7-3-6-13(18)15(14)19)27-17(26)11-4-2-5-12(8-11)24-9-20-22-23-24/h2-10H,1H3,(H,21,25). The van der Waals surface area contributed by atoms with Gasteiger partial charge in [0.25, 0.3) is 5.91 Å². The number of rotatable bonds is 5. The molecular weight excluding hydrogens is 393 g/mol. The van der Waals surface area contributed by atoms with Gasteiger partial charge in [0.2, 0.25) is 0 Å². The van der Waals surface area contributed by atoms with Gasteiger partial charge in [0.15, 0.2) is 6.10 Å². The number of nitrogens with one attached hydrogen (secondary N) is 1. The summed E-state index contributed by atoms with van der Waals surface area (Å²) in [7, 11) is 0. The van der Waals surface area contributed by atoms with Crippen LogP contribution in [-0.4, -0.2) is 38.2 Å². The maximum Gasteiger partial charge on any atom is 0.338 e. The first kappa shape index (κ1) is 18.8. The summed E-state index contributed by atoms with van der Waals surface area (Å²) in [4.78, 5) is 24.6. The van der Waals surface area contributed by atoms with Gasteiger partial charge >= 0.3 is 5.97 Å². The van der Waals surface area contributed by atoms with Crippen molar-refractivity contribution in [1.82, 2.24) is 20.2 Å². The lowest BCUT2D eigenvalue weighted by Crippen LogP contribution is -2.30. The molecule has 0 aliphatic rings. The van der Waals surface area contributed by atoms with Crippen molar-refractivity contribution in [2.75, 3.05) is 5.32 Å². The first-order valence-corrected chi connectivity index (χ1v) is 8.50. The van der Waals surface area contributed by atoms with Crippen LogP contribution in [-0.2, 0) is 9.53 Å². The molecule has 0 radical (unpaired) electrons. The number of carbonyl (C=O) groups is 2. The van der Waals surface area contributed by atoms with Gasteiger partial charge in [0.05, 0.1) is 27.0 Å². The Kier molecular flexibility index (Phi) is 5.68. The van der Waals surface area contributed by atoms with Crippen LogP contribution in [0.5, 0.6) is 0 Å². The molecule has 1 atom stereocenters. The molecule has 0 spiro atoms. The third-order valence-electron chi connectivity index (χ3n) is 3.56. The van der Waals surface area contributed by atoms with E-state index in [-0.39, 0.29) is 10.6 Å². The molecule has 1 amide bonds. The number of nitrogens with zero attached hydrogens (tertiary/aromatic N) is 4. The molecule has 3 aromatic rings. The highest BCUT2D eigenvalue weighted by molar-refractivity contribution is 6.44. The Bertz CT molecular complexity index is 978. The van der Waals surface area contributed by atoms with Crippen LogP contribution in [0.15, 0.2) is 48.8 Å². The minimum Gasteiger partial charge on any atom is -0.449 e. The van der Waals surface area contributed by atoms with Crippen molar-refractivity contribution in [1.29, 1.82) is 0 Å². The average Bonchev–Trinajstić information content (AvgIpc) is 3.20. The van der Waals surface area contributed by atoms with Gasteiger partial charge in [-0.2, -0.15) is 0 Å². The largest absolute Gasteiger partial charge is 0.449 e. The third kappa shape index (κ3) is 4.42. The van der Waals surface area contributed by atoms with Crippen molar-refractivity contribution in [2.24, 2.45) is 0 Å². The van der Waals surface area contributed by atoms with E-state index < -0.39 is 18.0 Å². The zero-order chi connectivity index (χ0) is 19.4. The lowest BCUT2D eigenvalue weighted by Gasteiger charge is -2.15. The van der Waals surface area contributed by atoms with Crippen LogP contribution in [0.2, 0.25) is 10.0 Å². The fraction of sp³-hybridized carbons (Fsp3) is 0.118. The van der Waals surface area contributed by atoms with E-state index in [0.29, 0.717) is 16.4 Å². The van der Waals surface area contributed by atoms with Crippen LogP contribution < -0.4 is 5.32 Å². The monoisotopic (exact) mass is 405 g/mol. The quantitative estimate of drug-likeness (QED) is 0.654. The molecule has 0 fully saturated rings. The minimum atomic E-state index is -1.05. The summed E-state index contributed by atoms with van der Waals surface area (Å²) in [6.45, 7) is 1.46. The first-order chi connectivity index (χ1) is 13.0. The Morgan fingerprint density at radius 2 is 1.96 bits per heavy atom. The molecule has 1 aromatic heterocycles. The van der Waals surface area contributed by atoms with Gasteiger partial charge in [0.1, 0.15) is 6.33 Å². The molecule has 10 heteroatoms. The first-order valence-electron chi connectivity index (χ1n) is 7.75. The SMILES string of the molecule is CC(OC(=O)c1cccc(-n2cnnn2)c1)C(=O)Nc1cccc(Cl)c1Cl. The molecule has 1 unspecified atom stereocenters. The maximum atomic E-state index is 12.3. The Hall–Kier alpha value is -2.97. The van der Waals surface area contributed by atoms with E-state index in [9.17, 15) is 9.59 Å². The predicted octanol–water partition coefficient (Wildman–Crippen LogP) is 3.15. The molecule has 138 valence electrons. The lowest BCUT2D eigenvalue weighted by molar-refractivity contribution is -0.123. The van der Waals surface area contributed by atoms with Crippen molar-refractivity contribution in [3.05, 3.63) is 64.4 Å². The van der Waals surface area contributed by atoms with E-state index in [1.165, 1.54) is 17.9 Å². The van der Waals surface area contributed by atoms with Crippen LogP contribution in [0.25, 0.3) is 5.69 Å². The van der Waals surface area contributed by atoms with E-state index in [1.807, 2.05) is 0 Å². The van der Waals surface area contributed by atoms with E-state index in [4.69, 9.17) is 27.9 Å². The van der Waals surface area contributed by atoms with E-state index >= 15 is 0 Å². The highest BCUT2D eigenvalue weighted by atomic mass is 35.5. The molecule has 0 saturated carbocycles. The minimum absolute atomic E-state index is 0.209. The van der Waals surface area contributed by atoms with E-state index in [2.05, 4.69) is 20.8 Å². The fourth-order valence-electron chi connectivity index (χ4n) is 2.17. The normalized spacial score (nSPS) is 11.7. The number of carbonyl (C=O) groups excluding carboxylic acids is 2. The predicted molar refractivity (Wildman–Crippen MR) is 99.1 cm³/mol. The van der Waals surface area contributed by atoms with Gasteiger partial charge < -0.3 is 10.1 Å². The number of tetrazole rings is 1. The number of anilines is 1. The summed E-state index contributed by atoms with van der Waals surface area (Å²) >= 11 is 12.0. The number of hydrogen-bond donors (Lipinski definition) is 1. The van der Waals surface area contributed by atoms with Gasteiger partial charge in [0, 0.05) is 0 Å².